The van der Waals surface area contributed by atoms with Crippen LogP contribution in [0.3, 0.4) is 0 Å². The molecule has 1 saturated carbocycles. The minimum atomic E-state index is -4.41. The molecule has 1 aromatic carbocycles. The van der Waals surface area contributed by atoms with Gasteiger partial charge in [-0.3, -0.25) is 4.98 Å². The second-order valence-corrected chi connectivity index (χ2v) is 6.91. The van der Waals surface area contributed by atoms with Crippen LogP contribution < -0.4 is 0 Å². The molecule has 1 aromatic heterocycles. The minimum absolute atomic E-state index is 0.000494. The molecule has 1 unspecified atom stereocenters. The molecule has 3 nitrogen and oxygen atoms in total. The summed E-state index contributed by atoms with van der Waals surface area (Å²) in [5.41, 5.74) is 0.278. The Labute approximate surface area is 150 Å². The van der Waals surface area contributed by atoms with Crippen LogP contribution in [-0.2, 0) is 11.0 Å². The van der Waals surface area contributed by atoms with Gasteiger partial charge < -0.3 is 0 Å². The van der Waals surface area contributed by atoms with E-state index in [0.717, 1.165) is 43.7 Å². The van der Waals surface area contributed by atoms with Gasteiger partial charge in [-0.1, -0.05) is 19.1 Å². The molecule has 1 fully saturated rings. The SMILES string of the molecule is CCC(N=C=O)C1CCC(c2ccnc3c(C(F)(F)F)cccc23)CC1. The third kappa shape index (κ3) is 3.65. The first kappa shape index (κ1) is 18.6. The van der Waals surface area contributed by atoms with E-state index in [2.05, 4.69) is 9.98 Å². The lowest BCUT2D eigenvalue weighted by Crippen LogP contribution is -2.23. The molecule has 1 aliphatic carbocycles. The van der Waals surface area contributed by atoms with E-state index in [1.807, 2.05) is 13.0 Å². The Morgan fingerprint density at radius 3 is 2.58 bits per heavy atom. The molecule has 0 N–H and O–H groups in total. The number of carbonyl (C=O) groups excluding carboxylic acids is 1. The van der Waals surface area contributed by atoms with Gasteiger partial charge in [0.15, 0.2) is 0 Å². The quantitative estimate of drug-likeness (QED) is 0.522. The van der Waals surface area contributed by atoms with Gasteiger partial charge in [0.25, 0.3) is 0 Å². The predicted octanol–water partition coefficient (Wildman–Crippen LogP) is 5.64. The van der Waals surface area contributed by atoms with Crippen molar-refractivity contribution < 1.29 is 18.0 Å². The van der Waals surface area contributed by atoms with Crippen LogP contribution in [0.2, 0.25) is 0 Å². The van der Waals surface area contributed by atoms with Crippen molar-refractivity contribution in [2.24, 2.45) is 10.9 Å². The maximum atomic E-state index is 13.3. The summed E-state index contributed by atoms with van der Waals surface area (Å²) in [5.74, 6) is 0.550. The highest BCUT2D eigenvalue weighted by molar-refractivity contribution is 5.85. The van der Waals surface area contributed by atoms with Crippen molar-refractivity contribution in [3.63, 3.8) is 0 Å². The predicted molar refractivity (Wildman–Crippen MR) is 93.6 cm³/mol. The molecule has 0 amide bonds. The fourth-order valence-corrected chi connectivity index (χ4v) is 4.19. The molecule has 138 valence electrons. The van der Waals surface area contributed by atoms with Crippen LogP contribution in [0.15, 0.2) is 35.5 Å². The Morgan fingerprint density at radius 2 is 1.96 bits per heavy atom. The van der Waals surface area contributed by atoms with E-state index in [1.165, 1.54) is 12.3 Å². The topological polar surface area (TPSA) is 42.3 Å². The number of fused-ring (bicyclic) bond motifs is 1. The molecule has 26 heavy (non-hydrogen) atoms. The molecular weight excluding hydrogens is 341 g/mol. The second-order valence-electron chi connectivity index (χ2n) is 6.91. The maximum Gasteiger partial charge on any atom is 0.418 e. The Bertz CT molecular complexity index is 819. The smallest absolute Gasteiger partial charge is 0.256 e. The van der Waals surface area contributed by atoms with Gasteiger partial charge in [0.1, 0.15) is 0 Å². The van der Waals surface area contributed by atoms with E-state index in [0.29, 0.717) is 11.3 Å². The number of pyridine rings is 1. The zero-order valence-electron chi connectivity index (χ0n) is 14.6. The molecule has 0 bridgehead atoms. The molecule has 1 heterocycles. The van der Waals surface area contributed by atoms with E-state index >= 15 is 0 Å². The van der Waals surface area contributed by atoms with Gasteiger partial charge in [-0.25, -0.2) is 9.79 Å². The van der Waals surface area contributed by atoms with Gasteiger partial charge in [0, 0.05) is 11.6 Å². The van der Waals surface area contributed by atoms with E-state index in [4.69, 9.17) is 0 Å². The monoisotopic (exact) mass is 362 g/mol. The van der Waals surface area contributed by atoms with Crippen LogP contribution in [-0.4, -0.2) is 17.1 Å². The van der Waals surface area contributed by atoms with Gasteiger partial charge in [0.05, 0.1) is 17.1 Å². The summed E-state index contributed by atoms with van der Waals surface area (Å²) < 4.78 is 39.8. The number of nitrogens with zero attached hydrogens (tertiary/aromatic N) is 2. The number of aromatic nitrogens is 1. The summed E-state index contributed by atoms with van der Waals surface area (Å²) in [4.78, 5) is 18.5. The first-order valence-corrected chi connectivity index (χ1v) is 8.97. The van der Waals surface area contributed by atoms with Crippen LogP contribution in [0.4, 0.5) is 13.2 Å². The molecule has 3 rings (SSSR count). The largest absolute Gasteiger partial charge is 0.418 e. The van der Waals surface area contributed by atoms with E-state index in [1.54, 1.807) is 12.1 Å². The highest BCUT2D eigenvalue weighted by atomic mass is 19.4. The van der Waals surface area contributed by atoms with Crippen LogP contribution in [0.25, 0.3) is 10.9 Å². The third-order valence-electron chi connectivity index (χ3n) is 5.50. The van der Waals surface area contributed by atoms with Crippen LogP contribution >= 0.6 is 0 Å². The Balaban J connectivity index is 1.88. The molecule has 0 aliphatic heterocycles. The van der Waals surface area contributed by atoms with Gasteiger partial charge in [-0.15, -0.1) is 0 Å². The number of hydrogen-bond donors (Lipinski definition) is 0. The van der Waals surface area contributed by atoms with Crippen molar-refractivity contribution in [1.29, 1.82) is 0 Å². The highest BCUT2D eigenvalue weighted by Gasteiger charge is 2.34. The summed E-state index contributed by atoms with van der Waals surface area (Å²) in [5, 5.41) is 0.587. The van der Waals surface area contributed by atoms with Crippen LogP contribution in [0.1, 0.15) is 56.1 Å². The lowest BCUT2D eigenvalue weighted by Gasteiger charge is -2.32. The lowest BCUT2D eigenvalue weighted by atomic mass is 9.75. The minimum Gasteiger partial charge on any atom is -0.256 e. The van der Waals surface area contributed by atoms with Gasteiger partial charge in [0.2, 0.25) is 6.08 Å². The van der Waals surface area contributed by atoms with Crippen molar-refractivity contribution in [3.8, 4) is 0 Å². The number of hydrogen-bond acceptors (Lipinski definition) is 3. The number of para-hydroxylation sites is 1. The standard InChI is InChI=1S/C20H21F3N2O/c1-2-18(25-12-26)14-8-6-13(7-9-14)15-10-11-24-19-16(15)4-3-5-17(19)20(21,22)23/h3-5,10-11,13-14,18H,2,6-9H2,1H3. The van der Waals surface area contributed by atoms with Gasteiger partial charge in [-0.2, -0.15) is 13.2 Å². The fourth-order valence-electron chi connectivity index (χ4n) is 4.19. The van der Waals surface area contributed by atoms with Crippen LogP contribution in [0.5, 0.6) is 0 Å². The number of isocyanates is 1. The zero-order valence-corrected chi connectivity index (χ0v) is 14.6. The Kier molecular flexibility index (Phi) is 5.42. The van der Waals surface area contributed by atoms with E-state index in [9.17, 15) is 18.0 Å². The van der Waals surface area contributed by atoms with E-state index < -0.39 is 11.7 Å². The molecular formula is C20H21F3N2O. The first-order chi connectivity index (χ1) is 12.5. The van der Waals surface area contributed by atoms with Crippen molar-refractivity contribution in [3.05, 3.63) is 41.6 Å². The zero-order chi connectivity index (χ0) is 18.7. The number of alkyl halides is 3. The van der Waals surface area contributed by atoms with Crippen molar-refractivity contribution in [2.45, 2.75) is 57.2 Å². The first-order valence-electron chi connectivity index (χ1n) is 8.97. The number of rotatable bonds is 4. The molecule has 0 saturated heterocycles. The maximum absolute atomic E-state index is 13.3. The lowest BCUT2D eigenvalue weighted by molar-refractivity contribution is -0.136. The molecule has 6 heteroatoms. The Morgan fingerprint density at radius 1 is 1.23 bits per heavy atom. The number of halogens is 3. The Hall–Kier alpha value is -2.20. The van der Waals surface area contributed by atoms with Crippen molar-refractivity contribution in [1.82, 2.24) is 4.98 Å². The molecule has 1 aliphatic rings. The summed E-state index contributed by atoms with van der Waals surface area (Å²) in [6.45, 7) is 2.01. The molecule has 0 radical (unpaired) electrons. The second kappa shape index (κ2) is 7.58. The highest BCUT2D eigenvalue weighted by Crippen LogP contribution is 2.42. The normalized spacial score (nSPS) is 22.0. The summed E-state index contributed by atoms with van der Waals surface area (Å²) in [6.07, 6.45) is 3.12. The number of aliphatic imine (C=N–C) groups is 1. The number of benzene rings is 1. The third-order valence-corrected chi connectivity index (χ3v) is 5.50. The van der Waals surface area contributed by atoms with Crippen LogP contribution in [0, 0.1) is 5.92 Å². The molecule has 1 atom stereocenters. The summed E-state index contributed by atoms with van der Waals surface area (Å²) in [7, 11) is 0. The van der Waals surface area contributed by atoms with E-state index in [-0.39, 0.29) is 17.5 Å². The fraction of sp³-hybridized carbons (Fsp3) is 0.500. The van der Waals surface area contributed by atoms with Crippen molar-refractivity contribution >= 4 is 17.0 Å². The van der Waals surface area contributed by atoms with Gasteiger partial charge in [-0.05, 0) is 61.6 Å². The van der Waals surface area contributed by atoms with Gasteiger partial charge >= 0.3 is 6.18 Å². The molecule has 0 spiro atoms. The van der Waals surface area contributed by atoms with Crippen molar-refractivity contribution in [2.75, 3.05) is 0 Å². The molecule has 2 aromatic rings. The summed E-state index contributed by atoms with van der Waals surface area (Å²) in [6, 6.07) is 6.10. The summed E-state index contributed by atoms with van der Waals surface area (Å²) >= 11 is 0. The average molecular weight is 362 g/mol. The average Bonchev–Trinajstić information content (AvgIpc) is 2.64.